The summed E-state index contributed by atoms with van der Waals surface area (Å²) < 4.78 is 5.38. The van der Waals surface area contributed by atoms with Crippen LogP contribution in [0.2, 0.25) is 0 Å². The van der Waals surface area contributed by atoms with Crippen LogP contribution in [-0.2, 0) is 13.0 Å². The first-order valence-electron chi connectivity index (χ1n) is 6.88. The number of hydrogen-bond donors (Lipinski definition) is 1. The van der Waals surface area contributed by atoms with Crippen LogP contribution in [0.1, 0.15) is 34.9 Å². The lowest BCUT2D eigenvalue weighted by Gasteiger charge is -2.16. The Bertz CT molecular complexity index is 505. The topological polar surface area (TPSA) is 25.2 Å². The monoisotopic (exact) mass is 257 g/mol. The number of rotatable bonds is 5. The lowest BCUT2D eigenvalue weighted by Crippen LogP contribution is -2.28. The highest BCUT2D eigenvalue weighted by Gasteiger charge is 2.08. The molecule has 1 atom stereocenters. The molecule has 2 heteroatoms. The second kappa shape index (κ2) is 6.07. The quantitative estimate of drug-likeness (QED) is 0.878. The maximum Gasteiger partial charge on any atom is 0.105 e. The third-order valence-electron chi connectivity index (χ3n) is 3.56. The van der Waals surface area contributed by atoms with Crippen LogP contribution in [0.4, 0.5) is 0 Å². The molecule has 0 radical (unpaired) electrons. The molecular weight excluding hydrogens is 234 g/mol. The molecule has 2 rings (SSSR count). The molecule has 1 heterocycles. The Kier molecular flexibility index (Phi) is 4.43. The average Bonchev–Trinajstić information content (AvgIpc) is 2.80. The fourth-order valence-electron chi connectivity index (χ4n) is 2.57. The molecule has 19 heavy (non-hydrogen) atoms. The molecule has 1 aromatic heterocycles. The predicted octanol–water partition coefficient (Wildman–Crippen LogP) is 3.93. The van der Waals surface area contributed by atoms with Gasteiger partial charge in [0.25, 0.3) is 0 Å². The van der Waals surface area contributed by atoms with Crippen LogP contribution >= 0.6 is 0 Å². The second-order valence-corrected chi connectivity index (χ2v) is 5.44. The highest BCUT2D eigenvalue weighted by atomic mass is 16.3. The minimum atomic E-state index is 0.409. The first kappa shape index (κ1) is 13.9. The van der Waals surface area contributed by atoms with E-state index in [9.17, 15) is 0 Å². The number of furan rings is 1. The number of nitrogens with one attached hydrogen (secondary N) is 1. The molecule has 0 fully saturated rings. The number of aryl methyl sites for hydroxylation is 3. The molecule has 102 valence electrons. The normalized spacial score (nSPS) is 12.6. The van der Waals surface area contributed by atoms with Gasteiger partial charge < -0.3 is 9.73 Å². The van der Waals surface area contributed by atoms with Crippen LogP contribution in [0.5, 0.6) is 0 Å². The van der Waals surface area contributed by atoms with Gasteiger partial charge in [-0.3, -0.25) is 0 Å². The summed E-state index contributed by atoms with van der Waals surface area (Å²) in [6, 6.07) is 8.88. The summed E-state index contributed by atoms with van der Waals surface area (Å²) in [7, 11) is 0. The van der Waals surface area contributed by atoms with E-state index in [1.165, 1.54) is 22.3 Å². The van der Waals surface area contributed by atoms with E-state index in [0.717, 1.165) is 18.7 Å². The van der Waals surface area contributed by atoms with Crippen molar-refractivity contribution >= 4 is 0 Å². The molecule has 2 aromatic rings. The SMILES string of the molecule is Cc1cc(C)c(CNC(C)Cc2ccco2)c(C)c1. The third-order valence-corrected chi connectivity index (χ3v) is 3.56. The van der Waals surface area contributed by atoms with E-state index in [1.54, 1.807) is 6.26 Å². The first-order chi connectivity index (χ1) is 9.06. The van der Waals surface area contributed by atoms with Crippen molar-refractivity contribution in [3.05, 3.63) is 58.5 Å². The Labute approximate surface area is 115 Å². The van der Waals surface area contributed by atoms with Crippen molar-refractivity contribution < 1.29 is 4.42 Å². The van der Waals surface area contributed by atoms with Gasteiger partial charge in [0.15, 0.2) is 0 Å². The van der Waals surface area contributed by atoms with Gasteiger partial charge >= 0.3 is 0 Å². The van der Waals surface area contributed by atoms with Gasteiger partial charge in [-0.1, -0.05) is 17.7 Å². The summed E-state index contributed by atoms with van der Waals surface area (Å²) in [4.78, 5) is 0. The molecule has 1 N–H and O–H groups in total. The maximum absolute atomic E-state index is 5.38. The van der Waals surface area contributed by atoms with Gasteiger partial charge in [-0.2, -0.15) is 0 Å². The van der Waals surface area contributed by atoms with Gasteiger partial charge in [-0.05, 0) is 56.5 Å². The summed E-state index contributed by atoms with van der Waals surface area (Å²) in [5.74, 6) is 1.04. The lowest BCUT2D eigenvalue weighted by atomic mass is 9.99. The molecule has 0 saturated heterocycles. The van der Waals surface area contributed by atoms with Gasteiger partial charge in [0, 0.05) is 19.0 Å². The lowest BCUT2D eigenvalue weighted by molar-refractivity contribution is 0.456. The Hall–Kier alpha value is -1.54. The molecule has 1 unspecified atom stereocenters. The minimum absolute atomic E-state index is 0.409. The summed E-state index contributed by atoms with van der Waals surface area (Å²) in [6.07, 6.45) is 2.66. The minimum Gasteiger partial charge on any atom is -0.469 e. The zero-order valence-corrected chi connectivity index (χ0v) is 12.3. The van der Waals surface area contributed by atoms with Crippen molar-refractivity contribution in [2.45, 2.75) is 46.7 Å². The third kappa shape index (κ3) is 3.71. The van der Waals surface area contributed by atoms with Gasteiger partial charge in [0.2, 0.25) is 0 Å². The van der Waals surface area contributed by atoms with Crippen LogP contribution in [0.3, 0.4) is 0 Å². The Morgan fingerprint density at radius 3 is 2.42 bits per heavy atom. The average molecular weight is 257 g/mol. The molecule has 0 saturated carbocycles. The van der Waals surface area contributed by atoms with Crippen molar-refractivity contribution in [2.24, 2.45) is 0 Å². The smallest absolute Gasteiger partial charge is 0.105 e. The summed E-state index contributed by atoms with van der Waals surface area (Å²) >= 11 is 0. The zero-order chi connectivity index (χ0) is 13.8. The molecule has 0 amide bonds. The van der Waals surface area contributed by atoms with Gasteiger partial charge in [0.1, 0.15) is 5.76 Å². The van der Waals surface area contributed by atoms with E-state index in [2.05, 4.69) is 45.1 Å². The first-order valence-corrected chi connectivity index (χ1v) is 6.88. The standard InChI is InChI=1S/C17H23NO/c1-12-8-13(2)17(14(3)9-12)11-18-15(4)10-16-6-5-7-19-16/h5-9,15,18H,10-11H2,1-4H3. The van der Waals surface area contributed by atoms with Crippen molar-refractivity contribution in [1.82, 2.24) is 5.32 Å². The fourth-order valence-corrected chi connectivity index (χ4v) is 2.57. The molecule has 0 aliphatic rings. The molecule has 0 bridgehead atoms. The fraction of sp³-hybridized carbons (Fsp3) is 0.412. The molecule has 2 nitrogen and oxygen atoms in total. The molecule has 0 aliphatic heterocycles. The zero-order valence-electron chi connectivity index (χ0n) is 12.3. The van der Waals surface area contributed by atoms with Gasteiger partial charge in [-0.15, -0.1) is 0 Å². The predicted molar refractivity (Wildman–Crippen MR) is 79.4 cm³/mol. The largest absolute Gasteiger partial charge is 0.469 e. The Balaban J connectivity index is 1.95. The number of hydrogen-bond acceptors (Lipinski definition) is 2. The van der Waals surface area contributed by atoms with Crippen LogP contribution in [-0.4, -0.2) is 6.04 Å². The van der Waals surface area contributed by atoms with Crippen LogP contribution in [0, 0.1) is 20.8 Å². The van der Waals surface area contributed by atoms with Crippen molar-refractivity contribution in [3.8, 4) is 0 Å². The highest BCUT2D eigenvalue weighted by Crippen LogP contribution is 2.16. The maximum atomic E-state index is 5.38. The van der Waals surface area contributed by atoms with Crippen molar-refractivity contribution in [2.75, 3.05) is 0 Å². The van der Waals surface area contributed by atoms with E-state index in [1.807, 2.05) is 12.1 Å². The highest BCUT2D eigenvalue weighted by molar-refractivity contribution is 5.37. The van der Waals surface area contributed by atoms with E-state index in [4.69, 9.17) is 4.42 Å². The van der Waals surface area contributed by atoms with E-state index < -0.39 is 0 Å². The second-order valence-electron chi connectivity index (χ2n) is 5.44. The molecular formula is C17H23NO. The Morgan fingerprint density at radius 1 is 1.16 bits per heavy atom. The molecule has 0 spiro atoms. The summed E-state index contributed by atoms with van der Waals surface area (Å²) in [6.45, 7) is 9.64. The molecule has 0 aliphatic carbocycles. The van der Waals surface area contributed by atoms with Gasteiger partial charge in [0.05, 0.1) is 6.26 Å². The summed E-state index contributed by atoms with van der Waals surface area (Å²) in [5.41, 5.74) is 5.49. The number of benzene rings is 1. The van der Waals surface area contributed by atoms with Crippen LogP contribution < -0.4 is 5.32 Å². The Morgan fingerprint density at radius 2 is 1.84 bits per heavy atom. The van der Waals surface area contributed by atoms with E-state index in [0.29, 0.717) is 6.04 Å². The van der Waals surface area contributed by atoms with Crippen LogP contribution in [0.15, 0.2) is 34.9 Å². The summed E-state index contributed by atoms with van der Waals surface area (Å²) in [5, 5.41) is 3.58. The van der Waals surface area contributed by atoms with E-state index >= 15 is 0 Å². The van der Waals surface area contributed by atoms with Crippen molar-refractivity contribution in [3.63, 3.8) is 0 Å². The van der Waals surface area contributed by atoms with Crippen LogP contribution in [0.25, 0.3) is 0 Å². The van der Waals surface area contributed by atoms with Gasteiger partial charge in [-0.25, -0.2) is 0 Å². The van der Waals surface area contributed by atoms with E-state index in [-0.39, 0.29) is 0 Å². The van der Waals surface area contributed by atoms with Crippen molar-refractivity contribution in [1.29, 1.82) is 0 Å². The molecule has 1 aromatic carbocycles.